The summed E-state index contributed by atoms with van der Waals surface area (Å²) in [6, 6.07) is 2.48. The van der Waals surface area contributed by atoms with E-state index in [0.717, 1.165) is 11.5 Å². The number of hydrogen-bond acceptors (Lipinski definition) is 2. The smallest absolute Gasteiger partial charge is 0.122 e. The normalized spacial score (nSPS) is 21.8. The van der Waals surface area contributed by atoms with E-state index in [-0.39, 0.29) is 0 Å². The quantitative estimate of drug-likeness (QED) is 0.769. The van der Waals surface area contributed by atoms with Crippen LogP contribution >= 0.6 is 0 Å². The highest BCUT2D eigenvalue weighted by molar-refractivity contribution is 5.30. The van der Waals surface area contributed by atoms with E-state index in [4.69, 9.17) is 5.73 Å². The van der Waals surface area contributed by atoms with Gasteiger partial charge in [0.05, 0.1) is 11.7 Å². The Hall–Kier alpha value is -0.990. The SMILES string of the molecule is Cc1cc(N)n(C2CCC(C)(C)CC2)n1. The number of nitrogens with two attached hydrogens (primary N) is 1. The molecule has 0 bridgehead atoms. The second kappa shape index (κ2) is 3.54. The molecule has 0 atom stereocenters. The third-order valence-electron chi connectivity index (χ3n) is 3.54. The Morgan fingerprint density at radius 2 is 2.00 bits per heavy atom. The Labute approximate surface area is 91.7 Å². The van der Waals surface area contributed by atoms with Crippen molar-refractivity contribution < 1.29 is 0 Å². The van der Waals surface area contributed by atoms with Crippen LogP contribution < -0.4 is 5.73 Å². The van der Waals surface area contributed by atoms with Crippen molar-refractivity contribution in [1.29, 1.82) is 0 Å². The molecule has 1 fully saturated rings. The lowest BCUT2D eigenvalue weighted by molar-refractivity contribution is 0.187. The van der Waals surface area contributed by atoms with Crippen molar-refractivity contribution in [3.8, 4) is 0 Å². The lowest BCUT2D eigenvalue weighted by Crippen LogP contribution is -2.24. The van der Waals surface area contributed by atoms with Crippen molar-refractivity contribution in [2.75, 3.05) is 5.73 Å². The van der Waals surface area contributed by atoms with E-state index in [0.29, 0.717) is 11.5 Å². The molecule has 15 heavy (non-hydrogen) atoms. The van der Waals surface area contributed by atoms with Crippen molar-refractivity contribution in [3.05, 3.63) is 11.8 Å². The Bertz CT molecular complexity index is 342. The highest BCUT2D eigenvalue weighted by atomic mass is 15.3. The summed E-state index contributed by atoms with van der Waals surface area (Å²) in [7, 11) is 0. The lowest BCUT2D eigenvalue weighted by Gasteiger charge is -2.34. The number of nitrogens with zero attached hydrogens (tertiary/aromatic N) is 2. The summed E-state index contributed by atoms with van der Waals surface area (Å²) in [6.07, 6.45) is 4.96. The highest BCUT2D eigenvalue weighted by Gasteiger charge is 2.28. The largest absolute Gasteiger partial charge is 0.384 e. The number of aromatic nitrogens is 2. The van der Waals surface area contributed by atoms with Gasteiger partial charge in [-0.1, -0.05) is 13.8 Å². The molecule has 1 saturated carbocycles. The Morgan fingerprint density at radius 1 is 1.40 bits per heavy atom. The first kappa shape index (κ1) is 10.5. The molecule has 2 rings (SSSR count). The van der Waals surface area contributed by atoms with Crippen LogP contribution in [0.3, 0.4) is 0 Å². The topological polar surface area (TPSA) is 43.8 Å². The number of anilines is 1. The second-order valence-electron chi connectivity index (χ2n) is 5.55. The molecule has 1 aliphatic rings. The maximum Gasteiger partial charge on any atom is 0.122 e. The maximum absolute atomic E-state index is 5.94. The number of rotatable bonds is 1. The van der Waals surface area contributed by atoms with Gasteiger partial charge in [-0.05, 0) is 38.0 Å². The average Bonchev–Trinajstić information content (AvgIpc) is 2.45. The first-order chi connectivity index (χ1) is 6.98. The minimum atomic E-state index is 0.507. The number of hydrogen-bond donors (Lipinski definition) is 1. The van der Waals surface area contributed by atoms with Gasteiger partial charge in [0.25, 0.3) is 0 Å². The van der Waals surface area contributed by atoms with Crippen molar-refractivity contribution in [1.82, 2.24) is 9.78 Å². The van der Waals surface area contributed by atoms with E-state index >= 15 is 0 Å². The molecule has 0 aliphatic heterocycles. The van der Waals surface area contributed by atoms with Gasteiger partial charge in [-0.25, -0.2) is 4.68 Å². The third-order valence-corrected chi connectivity index (χ3v) is 3.54. The Kier molecular flexibility index (Phi) is 2.49. The minimum Gasteiger partial charge on any atom is -0.384 e. The molecule has 0 amide bonds. The molecule has 0 spiro atoms. The fraction of sp³-hybridized carbons (Fsp3) is 0.750. The summed E-state index contributed by atoms with van der Waals surface area (Å²) < 4.78 is 2.02. The minimum absolute atomic E-state index is 0.507. The van der Waals surface area contributed by atoms with Crippen molar-refractivity contribution in [2.24, 2.45) is 5.41 Å². The van der Waals surface area contributed by atoms with Gasteiger partial charge < -0.3 is 5.73 Å². The molecular formula is C12H21N3. The van der Waals surface area contributed by atoms with Gasteiger partial charge in [0.15, 0.2) is 0 Å². The van der Waals surface area contributed by atoms with Crippen molar-refractivity contribution >= 4 is 5.82 Å². The van der Waals surface area contributed by atoms with Crippen molar-refractivity contribution in [3.63, 3.8) is 0 Å². The van der Waals surface area contributed by atoms with Crippen LogP contribution in [0.2, 0.25) is 0 Å². The zero-order valence-corrected chi connectivity index (χ0v) is 9.95. The van der Waals surface area contributed by atoms with E-state index in [1.165, 1.54) is 25.7 Å². The van der Waals surface area contributed by atoms with E-state index in [1.807, 2.05) is 17.7 Å². The van der Waals surface area contributed by atoms with Gasteiger partial charge in [0, 0.05) is 6.07 Å². The molecule has 3 nitrogen and oxygen atoms in total. The number of nitrogen functional groups attached to an aromatic ring is 1. The molecule has 1 aromatic heterocycles. The predicted molar refractivity (Wildman–Crippen MR) is 62.7 cm³/mol. The highest BCUT2D eigenvalue weighted by Crippen LogP contribution is 2.40. The molecule has 0 saturated heterocycles. The molecule has 0 radical (unpaired) electrons. The first-order valence-electron chi connectivity index (χ1n) is 5.80. The van der Waals surface area contributed by atoms with E-state index in [1.54, 1.807) is 0 Å². The van der Waals surface area contributed by atoms with Gasteiger partial charge >= 0.3 is 0 Å². The van der Waals surface area contributed by atoms with Crippen molar-refractivity contribution in [2.45, 2.75) is 52.5 Å². The lowest BCUT2D eigenvalue weighted by atomic mass is 9.75. The van der Waals surface area contributed by atoms with Crippen LogP contribution in [-0.4, -0.2) is 9.78 Å². The summed E-state index contributed by atoms with van der Waals surface area (Å²) in [5.74, 6) is 0.817. The van der Waals surface area contributed by atoms with Crippen LogP contribution in [0, 0.1) is 12.3 Å². The fourth-order valence-electron chi connectivity index (χ4n) is 2.46. The summed E-state index contributed by atoms with van der Waals surface area (Å²) >= 11 is 0. The molecule has 3 heteroatoms. The fourth-order valence-corrected chi connectivity index (χ4v) is 2.46. The summed E-state index contributed by atoms with van der Waals surface area (Å²) in [5, 5.41) is 4.47. The van der Waals surface area contributed by atoms with E-state index in [9.17, 15) is 0 Å². The molecule has 0 unspecified atom stereocenters. The monoisotopic (exact) mass is 207 g/mol. The summed E-state index contributed by atoms with van der Waals surface area (Å²) in [5.41, 5.74) is 7.47. The van der Waals surface area contributed by atoms with Gasteiger partial charge in [-0.15, -0.1) is 0 Å². The standard InChI is InChI=1S/C12H21N3/c1-9-8-11(13)15(14-9)10-4-6-12(2,3)7-5-10/h8,10H,4-7,13H2,1-3H3. The molecule has 2 N–H and O–H groups in total. The molecule has 1 heterocycles. The summed E-state index contributed by atoms with van der Waals surface area (Å²) in [6.45, 7) is 6.70. The van der Waals surface area contributed by atoms with Crippen LogP contribution in [0.15, 0.2) is 6.07 Å². The molecule has 1 aliphatic carbocycles. The zero-order chi connectivity index (χ0) is 11.1. The average molecular weight is 207 g/mol. The Balaban J connectivity index is 2.11. The second-order valence-corrected chi connectivity index (χ2v) is 5.55. The third kappa shape index (κ3) is 2.16. The first-order valence-corrected chi connectivity index (χ1v) is 5.80. The zero-order valence-electron chi connectivity index (χ0n) is 9.95. The van der Waals surface area contributed by atoms with Gasteiger partial charge in [-0.2, -0.15) is 5.10 Å². The Morgan fingerprint density at radius 3 is 2.47 bits per heavy atom. The summed E-state index contributed by atoms with van der Waals surface area (Å²) in [4.78, 5) is 0. The van der Waals surface area contributed by atoms with Crippen LogP contribution in [0.1, 0.15) is 51.3 Å². The number of aryl methyl sites for hydroxylation is 1. The van der Waals surface area contributed by atoms with Crippen LogP contribution in [-0.2, 0) is 0 Å². The maximum atomic E-state index is 5.94. The van der Waals surface area contributed by atoms with E-state index < -0.39 is 0 Å². The van der Waals surface area contributed by atoms with Gasteiger partial charge in [0.1, 0.15) is 5.82 Å². The van der Waals surface area contributed by atoms with Gasteiger partial charge in [-0.3, -0.25) is 0 Å². The van der Waals surface area contributed by atoms with Crippen LogP contribution in [0.5, 0.6) is 0 Å². The molecule has 84 valence electrons. The van der Waals surface area contributed by atoms with Crippen LogP contribution in [0.4, 0.5) is 5.82 Å². The molecular weight excluding hydrogens is 186 g/mol. The van der Waals surface area contributed by atoms with Crippen LogP contribution in [0.25, 0.3) is 0 Å². The van der Waals surface area contributed by atoms with Gasteiger partial charge in [0.2, 0.25) is 0 Å². The molecule has 1 aromatic rings. The van der Waals surface area contributed by atoms with E-state index in [2.05, 4.69) is 18.9 Å². The predicted octanol–water partition coefficient (Wildman–Crippen LogP) is 2.92. The molecule has 0 aromatic carbocycles.